The van der Waals surface area contributed by atoms with E-state index in [1.54, 1.807) is 16.8 Å². The van der Waals surface area contributed by atoms with Gasteiger partial charge in [0.2, 0.25) is 5.91 Å². The molecule has 1 aliphatic heterocycles. The maximum atomic E-state index is 12.8. The number of anilines is 1. The fourth-order valence-electron chi connectivity index (χ4n) is 4.97. The molecule has 0 unspecified atom stereocenters. The molecule has 2 aromatic carbocycles. The van der Waals surface area contributed by atoms with Gasteiger partial charge in [0, 0.05) is 59.5 Å². The third-order valence-electron chi connectivity index (χ3n) is 7.10. The van der Waals surface area contributed by atoms with E-state index in [9.17, 15) is 4.79 Å². The Morgan fingerprint density at radius 1 is 1.16 bits per heavy atom. The summed E-state index contributed by atoms with van der Waals surface area (Å²) in [6, 6.07) is 17.8. The Bertz CT molecular complexity index is 1650. The van der Waals surface area contributed by atoms with Crippen LogP contribution in [0.4, 0.5) is 5.82 Å². The van der Waals surface area contributed by atoms with Crippen molar-refractivity contribution in [1.29, 1.82) is 0 Å². The van der Waals surface area contributed by atoms with Crippen LogP contribution in [-0.4, -0.2) is 50.0 Å². The number of nitrogens with zero attached hydrogens (tertiary/aromatic N) is 4. The smallest absolute Gasteiger partial charge is 0.246 e. The van der Waals surface area contributed by atoms with Crippen molar-refractivity contribution in [3.8, 4) is 11.3 Å². The molecule has 1 amide bonds. The number of aromatic nitrogens is 4. The second-order valence-electron chi connectivity index (χ2n) is 9.51. The number of carbonyl (C=O) groups excluding carboxylic acids is 1. The summed E-state index contributed by atoms with van der Waals surface area (Å²) in [5, 5.41) is 9.84. The molecule has 9 heteroatoms. The van der Waals surface area contributed by atoms with E-state index in [1.165, 1.54) is 0 Å². The van der Waals surface area contributed by atoms with Gasteiger partial charge in [-0.1, -0.05) is 48.0 Å². The summed E-state index contributed by atoms with van der Waals surface area (Å²) in [6.45, 7) is 2.27. The van der Waals surface area contributed by atoms with Crippen molar-refractivity contribution >= 4 is 61.9 Å². The lowest BCUT2D eigenvalue weighted by molar-refractivity contribution is -0.127. The molecule has 7 nitrogen and oxygen atoms in total. The van der Waals surface area contributed by atoms with E-state index in [4.69, 9.17) is 16.6 Å². The standard InChI is InChI=1S/C29H26BrClN6O/c30-23-18-34-37-27(15-26(35-29(23)37)22-6-1-3-7-24(22)31)33-16-19-11-13-36(14-12-19)28(38)10-9-20-17-32-25-8-4-2-5-21(20)25/h1-10,15,17-19,32-33H,11-14,16H2. The molecule has 3 aromatic heterocycles. The Hall–Kier alpha value is -3.62. The van der Waals surface area contributed by atoms with E-state index in [0.717, 1.165) is 76.1 Å². The van der Waals surface area contributed by atoms with Gasteiger partial charge in [-0.25, -0.2) is 4.98 Å². The number of halogens is 2. The number of rotatable bonds is 6. The Morgan fingerprint density at radius 3 is 2.79 bits per heavy atom. The van der Waals surface area contributed by atoms with Gasteiger partial charge in [-0.2, -0.15) is 9.61 Å². The summed E-state index contributed by atoms with van der Waals surface area (Å²) >= 11 is 10.0. The zero-order chi connectivity index (χ0) is 26.1. The van der Waals surface area contributed by atoms with Crippen LogP contribution >= 0.6 is 27.5 Å². The van der Waals surface area contributed by atoms with Crippen LogP contribution in [0, 0.1) is 5.92 Å². The number of fused-ring (bicyclic) bond motifs is 2. The minimum Gasteiger partial charge on any atom is -0.370 e. The van der Waals surface area contributed by atoms with Crippen LogP contribution in [0.5, 0.6) is 0 Å². The van der Waals surface area contributed by atoms with E-state index >= 15 is 0 Å². The molecule has 0 saturated carbocycles. The number of benzene rings is 2. The normalized spacial score (nSPS) is 14.6. The number of likely N-dealkylation sites (tertiary alicyclic amines) is 1. The highest BCUT2D eigenvalue weighted by Gasteiger charge is 2.22. The number of nitrogens with one attached hydrogen (secondary N) is 2. The predicted octanol–water partition coefficient (Wildman–Crippen LogP) is 6.66. The second-order valence-corrected chi connectivity index (χ2v) is 10.8. The molecule has 38 heavy (non-hydrogen) atoms. The Morgan fingerprint density at radius 2 is 1.95 bits per heavy atom. The Labute approximate surface area is 233 Å². The van der Waals surface area contributed by atoms with Crippen LogP contribution in [0.1, 0.15) is 18.4 Å². The first-order chi connectivity index (χ1) is 18.6. The summed E-state index contributed by atoms with van der Waals surface area (Å²) in [5.41, 5.74) is 4.49. The summed E-state index contributed by atoms with van der Waals surface area (Å²) in [5.74, 6) is 1.36. The third-order valence-corrected chi connectivity index (χ3v) is 7.99. The lowest BCUT2D eigenvalue weighted by Crippen LogP contribution is -2.39. The molecule has 192 valence electrons. The maximum absolute atomic E-state index is 12.8. The zero-order valence-electron chi connectivity index (χ0n) is 20.6. The van der Waals surface area contributed by atoms with E-state index in [1.807, 2.05) is 65.7 Å². The summed E-state index contributed by atoms with van der Waals surface area (Å²) < 4.78 is 2.63. The monoisotopic (exact) mass is 588 g/mol. The van der Waals surface area contributed by atoms with Gasteiger partial charge in [0.15, 0.2) is 5.65 Å². The molecule has 0 atom stereocenters. The van der Waals surface area contributed by atoms with Crippen molar-refractivity contribution in [3.05, 3.63) is 88.1 Å². The van der Waals surface area contributed by atoms with E-state index in [0.29, 0.717) is 10.9 Å². The molecule has 5 aromatic rings. The van der Waals surface area contributed by atoms with Crippen LogP contribution in [0.15, 0.2) is 77.5 Å². The number of hydrogen-bond acceptors (Lipinski definition) is 4. The second kappa shape index (κ2) is 10.6. The minimum atomic E-state index is 0.0586. The maximum Gasteiger partial charge on any atom is 0.246 e. The summed E-state index contributed by atoms with van der Waals surface area (Å²) in [7, 11) is 0. The SMILES string of the molecule is O=C(C=Cc1c[nH]c2ccccc12)N1CCC(CNc2cc(-c3ccccc3Cl)nc3c(Br)cnn23)CC1. The lowest BCUT2D eigenvalue weighted by Gasteiger charge is -2.31. The molecule has 1 aliphatic rings. The van der Waals surface area contributed by atoms with Gasteiger partial charge in [-0.3, -0.25) is 4.79 Å². The van der Waals surface area contributed by atoms with Crippen molar-refractivity contribution < 1.29 is 4.79 Å². The van der Waals surface area contributed by atoms with Gasteiger partial charge in [0.1, 0.15) is 5.82 Å². The van der Waals surface area contributed by atoms with Crippen LogP contribution < -0.4 is 5.32 Å². The van der Waals surface area contributed by atoms with E-state index in [2.05, 4.69) is 37.4 Å². The minimum absolute atomic E-state index is 0.0586. The number of amides is 1. The number of piperidine rings is 1. The summed E-state index contributed by atoms with van der Waals surface area (Å²) in [4.78, 5) is 22.8. The third kappa shape index (κ3) is 4.93. The number of hydrogen-bond donors (Lipinski definition) is 2. The van der Waals surface area contributed by atoms with E-state index in [-0.39, 0.29) is 5.91 Å². The molecule has 0 bridgehead atoms. The van der Waals surface area contributed by atoms with Crippen LogP contribution in [-0.2, 0) is 4.79 Å². The number of aromatic amines is 1. The van der Waals surface area contributed by atoms with Gasteiger partial charge in [-0.05, 0) is 58.5 Å². The van der Waals surface area contributed by atoms with E-state index < -0.39 is 0 Å². The first-order valence-corrected chi connectivity index (χ1v) is 13.8. The van der Waals surface area contributed by atoms with Gasteiger partial charge < -0.3 is 15.2 Å². The number of H-pyrrole nitrogens is 1. The fraction of sp³-hybridized carbons (Fsp3) is 0.207. The molecule has 0 radical (unpaired) electrons. The van der Waals surface area contributed by atoms with Crippen LogP contribution in [0.3, 0.4) is 0 Å². The molecular formula is C29H26BrClN6O. The van der Waals surface area contributed by atoms with Crippen molar-refractivity contribution in [2.75, 3.05) is 25.0 Å². The van der Waals surface area contributed by atoms with Crippen LogP contribution in [0.25, 0.3) is 33.9 Å². The lowest BCUT2D eigenvalue weighted by atomic mass is 9.96. The molecule has 4 heterocycles. The molecule has 1 fully saturated rings. The zero-order valence-corrected chi connectivity index (χ0v) is 22.9. The van der Waals surface area contributed by atoms with Crippen molar-refractivity contribution in [3.63, 3.8) is 0 Å². The fourth-order valence-corrected chi connectivity index (χ4v) is 5.55. The largest absolute Gasteiger partial charge is 0.370 e. The van der Waals surface area contributed by atoms with Crippen molar-refractivity contribution in [2.45, 2.75) is 12.8 Å². The molecule has 1 saturated heterocycles. The highest BCUT2D eigenvalue weighted by Crippen LogP contribution is 2.30. The highest BCUT2D eigenvalue weighted by atomic mass is 79.9. The van der Waals surface area contributed by atoms with Gasteiger partial charge >= 0.3 is 0 Å². The first-order valence-electron chi connectivity index (χ1n) is 12.6. The van der Waals surface area contributed by atoms with Crippen molar-refractivity contribution in [2.24, 2.45) is 5.92 Å². The molecule has 0 aliphatic carbocycles. The average molecular weight is 590 g/mol. The highest BCUT2D eigenvalue weighted by molar-refractivity contribution is 9.10. The van der Waals surface area contributed by atoms with Crippen molar-refractivity contribution in [1.82, 2.24) is 24.5 Å². The number of carbonyl (C=O) groups is 1. The average Bonchev–Trinajstić information content (AvgIpc) is 3.54. The van der Waals surface area contributed by atoms with Gasteiger partial charge in [0.05, 0.1) is 16.4 Å². The van der Waals surface area contributed by atoms with Crippen LogP contribution in [0.2, 0.25) is 5.02 Å². The molecule has 2 N–H and O–H groups in total. The summed E-state index contributed by atoms with van der Waals surface area (Å²) in [6.07, 6.45) is 9.16. The Balaban J connectivity index is 1.10. The number of para-hydroxylation sites is 1. The first kappa shape index (κ1) is 24.7. The topological polar surface area (TPSA) is 78.3 Å². The quantitative estimate of drug-likeness (QED) is 0.217. The molecule has 0 spiro atoms. The predicted molar refractivity (Wildman–Crippen MR) is 156 cm³/mol. The Kier molecular flexibility index (Phi) is 6.91. The molecule has 6 rings (SSSR count). The molecular weight excluding hydrogens is 564 g/mol. The van der Waals surface area contributed by atoms with Gasteiger partial charge in [-0.15, -0.1) is 0 Å². The van der Waals surface area contributed by atoms with Gasteiger partial charge in [0.25, 0.3) is 0 Å².